The normalized spacial score (nSPS) is 31.2. The number of hydrogen-bond acceptors (Lipinski definition) is 1. The van der Waals surface area contributed by atoms with E-state index in [1.807, 2.05) is 0 Å². The van der Waals surface area contributed by atoms with Crippen LogP contribution in [0.25, 0.3) is 0 Å². The van der Waals surface area contributed by atoms with Gasteiger partial charge in [-0.05, 0) is 26.3 Å². The molecule has 0 aromatic rings. The van der Waals surface area contributed by atoms with E-state index < -0.39 is 0 Å². The molecular formula is C13H21N2+. The lowest BCUT2D eigenvalue weighted by atomic mass is 10.1. The highest BCUT2D eigenvalue weighted by Gasteiger charge is 2.40. The minimum atomic E-state index is 0.591. The fourth-order valence-electron chi connectivity index (χ4n) is 2.56. The van der Waals surface area contributed by atoms with Crippen LogP contribution < -0.4 is 0 Å². The van der Waals surface area contributed by atoms with Crippen molar-refractivity contribution in [1.29, 1.82) is 0 Å². The highest BCUT2D eigenvalue weighted by atomic mass is 15.3. The molecule has 1 heterocycles. The van der Waals surface area contributed by atoms with Crippen molar-refractivity contribution in [2.45, 2.75) is 45.7 Å². The third kappa shape index (κ3) is 1.62. The van der Waals surface area contributed by atoms with Crippen LogP contribution in [0.3, 0.4) is 0 Å². The minimum Gasteiger partial charge on any atom is -0.262 e. The third-order valence-electron chi connectivity index (χ3n) is 3.88. The number of allylic oxidation sites excluding steroid dienone is 4. The van der Waals surface area contributed by atoms with Gasteiger partial charge in [0.1, 0.15) is 17.8 Å². The Labute approximate surface area is 92.6 Å². The summed E-state index contributed by atoms with van der Waals surface area (Å²) >= 11 is 0. The maximum absolute atomic E-state index is 2.49. The smallest absolute Gasteiger partial charge is 0.249 e. The van der Waals surface area contributed by atoms with Crippen molar-refractivity contribution in [3.05, 3.63) is 23.9 Å². The summed E-state index contributed by atoms with van der Waals surface area (Å²) in [5, 5.41) is 0. The van der Waals surface area contributed by atoms with E-state index in [0.717, 1.165) is 0 Å². The average Bonchev–Trinajstić information content (AvgIpc) is 2.45. The Balaban J connectivity index is 2.30. The predicted octanol–water partition coefficient (Wildman–Crippen LogP) is 2.37. The average molecular weight is 205 g/mol. The van der Waals surface area contributed by atoms with E-state index in [1.54, 1.807) is 0 Å². The summed E-state index contributed by atoms with van der Waals surface area (Å²) in [6, 6.07) is 1.20. The minimum absolute atomic E-state index is 0.591. The monoisotopic (exact) mass is 205 g/mol. The largest absolute Gasteiger partial charge is 0.262 e. The van der Waals surface area contributed by atoms with Crippen LogP contribution in [0.1, 0.15) is 33.6 Å². The molecule has 0 saturated carbocycles. The molecule has 2 heteroatoms. The van der Waals surface area contributed by atoms with Gasteiger partial charge < -0.3 is 0 Å². The Morgan fingerprint density at radius 3 is 2.60 bits per heavy atom. The Hall–Kier alpha value is -1.05. The van der Waals surface area contributed by atoms with Crippen molar-refractivity contribution in [1.82, 2.24) is 4.90 Å². The first-order valence-corrected chi connectivity index (χ1v) is 5.84. The van der Waals surface area contributed by atoms with Gasteiger partial charge in [-0.25, -0.2) is 4.90 Å². The molecule has 15 heavy (non-hydrogen) atoms. The molecule has 82 valence electrons. The molecule has 1 aliphatic carbocycles. The number of amidine groups is 1. The molecule has 0 fully saturated rings. The van der Waals surface area contributed by atoms with Gasteiger partial charge in [0.2, 0.25) is 5.84 Å². The molecule has 1 aliphatic heterocycles. The molecule has 2 rings (SSSR count). The molecule has 0 N–H and O–H groups in total. The second-order valence-corrected chi connectivity index (χ2v) is 4.63. The lowest BCUT2D eigenvalue weighted by Gasteiger charge is -2.21. The molecule has 2 atom stereocenters. The molecule has 0 aromatic heterocycles. The van der Waals surface area contributed by atoms with Crippen LogP contribution in [-0.4, -0.2) is 34.4 Å². The third-order valence-corrected chi connectivity index (χ3v) is 3.88. The topological polar surface area (TPSA) is 6.25 Å². The van der Waals surface area contributed by atoms with Crippen LogP contribution in [0, 0.1) is 0 Å². The van der Waals surface area contributed by atoms with Crippen molar-refractivity contribution >= 4 is 5.84 Å². The van der Waals surface area contributed by atoms with Crippen molar-refractivity contribution in [3.8, 4) is 0 Å². The van der Waals surface area contributed by atoms with Crippen molar-refractivity contribution in [3.63, 3.8) is 0 Å². The highest BCUT2D eigenvalue weighted by Crippen LogP contribution is 2.25. The van der Waals surface area contributed by atoms with Gasteiger partial charge in [0.05, 0.1) is 7.05 Å². The van der Waals surface area contributed by atoms with Gasteiger partial charge in [-0.2, -0.15) is 0 Å². The number of rotatable bonds is 1. The standard InChI is InChI=1S/C13H21N2/c1-10-11(2)15(12(3)14(10)4)13-8-6-5-7-9-13/h5-6,8,10-11H,7,9H2,1-4H3/q+1/t10-,11+/m1/s1. The molecule has 2 nitrogen and oxygen atoms in total. The summed E-state index contributed by atoms with van der Waals surface area (Å²) in [5.74, 6) is 1.39. The van der Waals surface area contributed by atoms with Gasteiger partial charge in [-0.3, -0.25) is 4.58 Å². The maximum Gasteiger partial charge on any atom is 0.249 e. The fraction of sp³-hybridized carbons (Fsp3) is 0.615. The number of nitrogens with zero attached hydrogens (tertiary/aromatic N) is 2. The van der Waals surface area contributed by atoms with E-state index in [4.69, 9.17) is 0 Å². The number of likely N-dealkylation sites (N-methyl/N-ethyl adjacent to an activating group) is 1. The van der Waals surface area contributed by atoms with E-state index in [9.17, 15) is 0 Å². The van der Waals surface area contributed by atoms with Crippen molar-refractivity contribution in [2.75, 3.05) is 7.05 Å². The second-order valence-electron chi connectivity index (χ2n) is 4.63. The highest BCUT2D eigenvalue weighted by molar-refractivity contribution is 5.78. The molecule has 0 bridgehead atoms. The lowest BCUT2D eigenvalue weighted by molar-refractivity contribution is -0.527. The van der Waals surface area contributed by atoms with Gasteiger partial charge in [0, 0.05) is 13.3 Å². The Morgan fingerprint density at radius 1 is 1.40 bits per heavy atom. The Kier molecular flexibility index (Phi) is 2.68. The first-order chi connectivity index (χ1) is 7.13. The molecule has 0 unspecified atom stereocenters. The van der Waals surface area contributed by atoms with Gasteiger partial charge in [-0.1, -0.05) is 12.2 Å². The van der Waals surface area contributed by atoms with Crippen molar-refractivity contribution in [2.24, 2.45) is 0 Å². The Morgan fingerprint density at radius 2 is 2.13 bits per heavy atom. The molecule has 2 aliphatic rings. The van der Waals surface area contributed by atoms with E-state index in [1.165, 1.54) is 24.4 Å². The van der Waals surface area contributed by atoms with Gasteiger partial charge >= 0.3 is 0 Å². The van der Waals surface area contributed by atoms with E-state index in [0.29, 0.717) is 12.1 Å². The van der Waals surface area contributed by atoms with Crippen LogP contribution in [0.15, 0.2) is 23.9 Å². The van der Waals surface area contributed by atoms with Crippen LogP contribution >= 0.6 is 0 Å². The van der Waals surface area contributed by atoms with Crippen LogP contribution in [0.2, 0.25) is 0 Å². The van der Waals surface area contributed by atoms with Gasteiger partial charge in [0.15, 0.2) is 0 Å². The quantitative estimate of drug-likeness (QED) is 0.596. The molecule has 0 radical (unpaired) electrons. The summed E-state index contributed by atoms with van der Waals surface area (Å²) in [5.41, 5.74) is 1.47. The summed E-state index contributed by atoms with van der Waals surface area (Å²) in [4.78, 5) is 2.49. The van der Waals surface area contributed by atoms with Crippen LogP contribution in [-0.2, 0) is 0 Å². The van der Waals surface area contributed by atoms with Gasteiger partial charge in [0.25, 0.3) is 0 Å². The van der Waals surface area contributed by atoms with Gasteiger partial charge in [-0.15, -0.1) is 0 Å². The summed E-state index contributed by atoms with van der Waals surface area (Å²) in [6.07, 6.45) is 9.04. The molecule has 0 spiro atoms. The molecular weight excluding hydrogens is 184 g/mol. The zero-order valence-electron chi connectivity index (χ0n) is 10.2. The zero-order valence-corrected chi connectivity index (χ0v) is 10.2. The lowest BCUT2D eigenvalue weighted by Crippen LogP contribution is -2.35. The van der Waals surface area contributed by atoms with E-state index in [-0.39, 0.29) is 0 Å². The SMILES string of the molecule is CC1=[N+](C)[C@H](C)[C@H](C)N1C1=CC=CCC1. The fourth-order valence-corrected chi connectivity index (χ4v) is 2.56. The van der Waals surface area contributed by atoms with Crippen molar-refractivity contribution < 1.29 is 4.58 Å². The molecule has 0 aromatic carbocycles. The van der Waals surface area contributed by atoms with Crippen LogP contribution in [0.5, 0.6) is 0 Å². The van der Waals surface area contributed by atoms with E-state index >= 15 is 0 Å². The maximum atomic E-state index is 2.49. The molecule has 0 saturated heterocycles. The Bertz CT molecular complexity index is 350. The van der Waals surface area contributed by atoms with Crippen LogP contribution in [0.4, 0.5) is 0 Å². The summed E-state index contributed by atoms with van der Waals surface area (Å²) in [7, 11) is 2.19. The second kappa shape index (κ2) is 3.84. The summed E-state index contributed by atoms with van der Waals surface area (Å²) in [6.45, 7) is 6.84. The predicted molar refractivity (Wildman–Crippen MR) is 64.1 cm³/mol. The first-order valence-electron chi connectivity index (χ1n) is 5.84. The molecule has 0 amide bonds. The zero-order chi connectivity index (χ0) is 11.0. The number of hydrogen-bond donors (Lipinski definition) is 0. The van der Waals surface area contributed by atoms with E-state index in [2.05, 4.69) is 55.5 Å². The summed E-state index contributed by atoms with van der Waals surface area (Å²) < 4.78 is 2.38. The first kappa shape index (κ1) is 10.5.